The Labute approximate surface area is 267 Å². The van der Waals surface area contributed by atoms with Gasteiger partial charge in [0.2, 0.25) is 11.8 Å². The molecular weight excluding hydrogens is 601 g/mol. The third-order valence-corrected chi connectivity index (χ3v) is 10.4. The minimum Gasteiger partial charge on any atom is -0.471 e. The standard InChI is InChI=1S/C34H43F3N4O5/c1-17-27-16-41(28(17)18(2)42)31(43)29(33(3,4)5)40-32(44)46-26-14-19-13-22(19)21(26)9-7-6-8-10-24-30(45-27)39-25-15-20(34(35,36)37)11-12-23(25)38-24/h11-12,15,17,19,21-22,26-29H,6-10,13-14,16H2,1-5H3,(H,40,44)/t17-,19?,21-,22?,26-,27+,28+,29-/m1/s1. The maximum Gasteiger partial charge on any atom is 0.416 e. The topological polar surface area (TPSA) is 111 Å². The summed E-state index contributed by atoms with van der Waals surface area (Å²) in [5, 5.41) is 2.84. The first kappa shape index (κ1) is 32.5. The van der Waals surface area contributed by atoms with Crippen LogP contribution in [0.2, 0.25) is 0 Å². The fourth-order valence-electron chi connectivity index (χ4n) is 7.88. The second kappa shape index (κ2) is 12.0. The minimum atomic E-state index is -4.55. The second-order valence-corrected chi connectivity index (χ2v) is 14.8. The molecule has 2 saturated carbocycles. The minimum absolute atomic E-state index is 0.0311. The van der Waals surface area contributed by atoms with Crippen molar-refractivity contribution in [1.29, 1.82) is 0 Å². The number of benzene rings is 1. The van der Waals surface area contributed by atoms with Gasteiger partial charge in [0.25, 0.3) is 0 Å². The molecule has 2 aromatic rings. The Morgan fingerprint density at radius 2 is 1.74 bits per heavy atom. The van der Waals surface area contributed by atoms with E-state index in [0.29, 0.717) is 29.5 Å². The molecule has 4 aliphatic rings. The number of Topliss-reactive ketones (excluding diaryl/α,β-unsaturated/α-hetero) is 1. The van der Waals surface area contributed by atoms with Crippen molar-refractivity contribution in [2.45, 2.75) is 110 Å². The van der Waals surface area contributed by atoms with Crippen LogP contribution in [-0.4, -0.2) is 63.5 Å². The summed E-state index contributed by atoms with van der Waals surface area (Å²) in [6.45, 7) is 8.79. The van der Waals surface area contributed by atoms with Crippen LogP contribution < -0.4 is 10.1 Å². The summed E-state index contributed by atoms with van der Waals surface area (Å²) >= 11 is 0. The molecule has 1 aromatic heterocycles. The maximum absolute atomic E-state index is 14.2. The Kier molecular flexibility index (Phi) is 8.46. The molecule has 8 atom stereocenters. The maximum atomic E-state index is 14.2. The van der Waals surface area contributed by atoms with Crippen LogP contribution >= 0.6 is 0 Å². The number of nitrogens with one attached hydrogen (secondary N) is 1. The molecule has 6 rings (SSSR count). The van der Waals surface area contributed by atoms with Gasteiger partial charge < -0.3 is 19.7 Å². The van der Waals surface area contributed by atoms with E-state index in [2.05, 4.69) is 10.3 Å². The number of hydrogen-bond acceptors (Lipinski definition) is 7. The Morgan fingerprint density at radius 1 is 0.978 bits per heavy atom. The van der Waals surface area contributed by atoms with Crippen molar-refractivity contribution in [3.05, 3.63) is 29.5 Å². The lowest BCUT2D eigenvalue weighted by Gasteiger charge is -2.35. The quantitative estimate of drug-likeness (QED) is 0.399. The highest BCUT2D eigenvalue weighted by Crippen LogP contribution is 2.57. The lowest BCUT2D eigenvalue weighted by atomic mass is 9.85. The van der Waals surface area contributed by atoms with Gasteiger partial charge in [-0.05, 0) is 80.4 Å². The number of hydrogen-bond donors (Lipinski definition) is 1. The number of nitrogens with zero attached hydrogens (tertiary/aromatic N) is 3. The van der Waals surface area contributed by atoms with Gasteiger partial charge in [-0.25, -0.2) is 14.8 Å². The number of carbonyl (C=O) groups is 3. The largest absolute Gasteiger partial charge is 0.471 e. The second-order valence-electron chi connectivity index (χ2n) is 14.8. The van der Waals surface area contributed by atoms with Crippen molar-refractivity contribution in [3.63, 3.8) is 0 Å². The van der Waals surface area contributed by atoms with Gasteiger partial charge >= 0.3 is 12.3 Å². The molecule has 2 unspecified atom stereocenters. The average Bonchev–Trinajstić information content (AvgIpc) is 3.53. The first-order valence-corrected chi connectivity index (χ1v) is 16.4. The number of ether oxygens (including phenoxy) is 2. The van der Waals surface area contributed by atoms with Crippen LogP contribution in [0.4, 0.5) is 18.0 Å². The lowest BCUT2D eigenvalue weighted by molar-refractivity contribution is -0.141. The monoisotopic (exact) mass is 644 g/mol. The molecule has 2 aliphatic carbocycles. The third kappa shape index (κ3) is 6.40. The van der Waals surface area contributed by atoms with Crippen LogP contribution in [0.3, 0.4) is 0 Å². The summed E-state index contributed by atoms with van der Waals surface area (Å²) in [6.07, 6.45) is -0.0739. The zero-order chi connectivity index (χ0) is 33.1. The third-order valence-electron chi connectivity index (χ3n) is 10.4. The van der Waals surface area contributed by atoms with E-state index in [4.69, 9.17) is 14.5 Å². The fourth-order valence-corrected chi connectivity index (χ4v) is 7.88. The number of carbonyl (C=O) groups excluding carboxylic acids is 3. The molecule has 2 amide bonds. The highest BCUT2D eigenvalue weighted by molar-refractivity contribution is 5.92. The summed E-state index contributed by atoms with van der Waals surface area (Å²) in [7, 11) is 0. The molecule has 0 radical (unpaired) electrons. The number of aryl methyl sites for hydroxylation is 1. The molecule has 3 heterocycles. The van der Waals surface area contributed by atoms with Crippen molar-refractivity contribution < 1.29 is 37.0 Å². The van der Waals surface area contributed by atoms with Gasteiger partial charge in [0.15, 0.2) is 5.78 Å². The van der Waals surface area contributed by atoms with E-state index in [0.717, 1.165) is 50.7 Å². The fraction of sp³-hybridized carbons (Fsp3) is 0.676. The number of ketones is 1. The molecule has 9 nitrogen and oxygen atoms in total. The van der Waals surface area contributed by atoms with Gasteiger partial charge in [0.05, 0.1) is 29.2 Å². The van der Waals surface area contributed by atoms with Gasteiger partial charge in [-0.1, -0.05) is 40.5 Å². The van der Waals surface area contributed by atoms with E-state index < -0.39 is 53.3 Å². The number of aromatic nitrogens is 2. The van der Waals surface area contributed by atoms with Gasteiger partial charge in [0, 0.05) is 5.92 Å². The van der Waals surface area contributed by atoms with Crippen LogP contribution in [0.25, 0.3) is 11.0 Å². The molecule has 2 aliphatic heterocycles. The number of alkyl carbamates (subject to hydrolysis) is 1. The summed E-state index contributed by atoms with van der Waals surface area (Å²) in [5.41, 5.74) is -0.609. The van der Waals surface area contributed by atoms with Gasteiger partial charge in [-0.15, -0.1) is 0 Å². The number of alkyl halides is 3. The Balaban J connectivity index is 1.37. The van der Waals surface area contributed by atoms with E-state index in [9.17, 15) is 27.6 Å². The van der Waals surface area contributed by atoms with Crippen molar-refractivity contribution >= 4 is 28.8 Å². The molecule has 2 bridgehead atoms. The van der Waals surface area contributed by atoms with E-state index in [-0.39, 0.29) is 35.7 Å². The zero-order valence-corrected chi connectivity index (χ0v) is 27.0. The van der Waals surface area contributed by atoms with Crippen LogP contribution in [-0.2, 0) is 26.9 Å². The van der Waals surface area contributed by atoms with Crippen LogP contribution in [0.5, 0.6) is 5.88 Å². The summed E-state index contributed by atoms with van der Waals surface area (Å²) in [4.78, 5) is 51.2. The van der Waals surface area contributed by atoms with Crippen molar-refractivity contribution in [2.75, 3.05) is 6.54 Å². The highest BCUT2D eigenvalue weighted by atomic mass is 19.4. The van der Waals surface area contributed by atoms with E-state index in [1.807, 2.05) is 27.7 Å². The van der Waals surface area contributed by atoms with Crippen LogP contribution in [0.15, 0.2) is 18.2 Å². The molecule has 46 heavy (non-hydrogen) atoms. The van der Waals surface area contributed by atoms with Gasteiger partial charge in [-0.3, -0.25) is 9.59 Å². The first-order valence-electron chi connectivity index (χ1n) is 16.4. The number of halogens is 3. The molecular formula is C34H43F3N4O5. The molecule has 250 valence electrons. The predicted molar refractivity (Wildman–Crippen MR) is 163 cm³/mol. The molecule has 12 heteroatoms. The summed E-state index contributed by atoms with van der Waals surface area (Å²) in [5.74, 6) is 0.386. The molecule has 3 fully saturated rings. The normalized spacial score (nSPS) is 32.3. The van der Waals surface area contributed by atoms with E-state index in [1.165, 1.54) is 17.9 Å². The van der Waals surface area contributed by atoms with E-state index in [1.54, 1.807) is 0 Å². The van der Waals surface area contributed by atoms with E-state index >= 15 is 0 Å². The number of amides is 2. The molecule has 1 N–H and O–H groups in total. The summed E-state index contributed by atoms with van der Waals surface area (Å²) in [6, 6.07) is 1.49. The smallest absolute Gasteiger partial charge is 0.416 e. The van der Waals surface area contributed by atoms with Gasteiger partial charge in [0.1, 0.15) is 23.9 Å². The number of fused-ring (bicyclic) bond motifs is 7. The predicted octanol–water partition coefficient (Wildman–Crippen LogP) is 6.11. The molecule has 1 aromatic carbocycles. The first-order chi connectivity index (χ1) is 21.6. The summed E-state index contributed by atoms with van der Waals surface area (Å²) < 4.78 is 53.0. The Bertz CT molecular complexity index is 1520. The average molecular weight is 645 g/mol. The number of rotatable bonds is 1. The van der Waals surface area contributed by atoms with Crippen LogP contribution in [0, 0.1) is 29.1 Å². The Hall–Kier alpha value is -3.44. The SMILES string of the molecule is CC(=O)[C@@H]1[C@H](C)[C@@H]2CN1C(=O)[C@H](C(C)(C)C)NC(=O)O[C@@H]1CC3CC3[C@H]1CCCCCc1nc3ccc(C(F)(F)F)cc3nc1O2. The van der Waals surface area contributed by atoms with Crippen molar-refractivity contribution in [3.8, 4) is 5.88 Å². The van der Waals surface area contributed by atoms with Crippen molar-refractivity contribution in [2.24, 2.45) is 29.1 Å². The highest BCUT2D eigenvalue weighted by Gasteiger charge is 2.55. The Morgan fingerprint density at radius 3 is 2.43 bits per heavy atom. The van der Waals surface area contributed by atoms with Crippen molar-refractivity contribution in [1.82, 2.24) is 20.2 Å². The van der Waals surface area contributed by atoms with Crippen LogP contribution in [0.1, 0.15) is 84.4 Å². The van der Waals surface area contributed by atoms with Gasteiger partial charge in [-0.2, -0.15) is 13.2 Å². The molecule has 1 saturated heterocycles. The molecule has 0 spiro atoms. The zero-order valence-electron chi connectivity index (χ0n) is 27.0. The lowest BCUT2D eigenvalue weighted by Crippen LogP contribution is -2.57.